The highest BCUT2D eigenvalue weighted by molar-refractivity contribution is 6.05. The molecular formula is C23H27N5O3. The largest absolute Gasteiger partial charge is 0.322 e. The number of pyridine rings is 1. The Morgan fingerprint density at radius 3 is 2.68 bits per heavy atom. The van der Waals surface area contributed by atoms with E-state index >= 15 is 0 Å². The van der Waals surface area contributed by atoms with Crippen LogP contribution in [0.2, 0.25) is 0 Å². The number of carbonyl (C=O) groups is 3. The van der Waals surface area contributed by atoms with Gasteiger partial charge in [-0.3, -0.25) is 24.7 Å². The molecule has 1 fully saturated rings. The minimum atomic E-state index is -0.579. The molecule has 0 spiro atoms. The van der Waals surface area contributed by atoms with Crippen LogP contribution in [-0.4, -0.2) is 46.7 Å². The number of fused-ring (bicyclic) bond motifs is 1. The summed E-state index contributed by atoms with van der Waals surface area (Å²) in [5.41, 5.74) is 3.73. The van der Waals surface area contributed by atoms with Gasteiger partial charge in [0.25, 0.3) is 5.91 Å². The fourth-order valence-electron chi connectivity index (χ4n) is 4.13. The van der Waals surface area contributed by atoms with Crippen molar-refractivity contribution in [3.63, 3.8) is 0 Å². The van der Waals surface area contributed by atoms with E-state index in [4.69, 9.17) is 0 Å². The van der Waals surface area contributed by atoms with Crippen molar-refractivity contribution in [1.82, 2.24) is 25.8 Å². The Kier molecular flexibility index (Phi) is 6.69. The van der Waals surface area contributed by atoms with E-state index in [1.54, 1.807) is 11.1 Å². The zero-order valence-corrected chi connectivity index (χ0v) is 17.4. The maximum absolute atomic E-state index is 13.1. The van der Waals surface area contributed by atoms with Crippen molar-refractivity contribution in [1.29, 1.82) is 0 Å². The summed E-state index contributed by atoms with van der Waals surface area (Å²) in [5, 5.41) is 9.15. The van der Waals surface area contributed by atoms with E-state index < -0.39 is 6.04 Å². The second kappa shape index (κ2) is 9.80. The van der Waals surface area contributed by atoms with Gasteiger partial charge in [0.05, 0.1) is 0 Å². The minimum absolute atomic E-state index is 0.125. The van der Waals surface area contributed by atoms with Crippen LogP contribution in [-0.2, 0) is 29.2 Å². The van der Waals surface area contributed by atoms with E-state index in [0.717, 1.165) is 42.7 Å². The molecule has 3 amide bonds. The monoisotopic (exact) mass is 421 g/mol. The Balaban J connectivity index is 1.26. The van der Waals surface area contributed by atoms with Crippen LogP contribution in [0.25, 0.3) is 0 Å². The number of hydrogen-bond donors (Lipinski definition) is 3. The molecule has 1 saturated heterocycles. The highest BCUT2D eigenvalue weighted by Gasteiger charge is 2.39. The lowest BCUT2D eigenvalue weighted by Gasteiger charge is -2.29. The van der Waals surface area contributed by atoms with E-state index in [1.165, 1.54) is 0 Å². The molecule has 0 aliphatic carbocycles. The molecule has 31 heavy (non-hydrogen) atoms. The van der Waals surface area contributed by atoms with E-state index in [1.807, 2.05) is 36.5 Å². The fraction of sp³-hybridized carbons (Fsp3) is 0.391. The molecule has 2 aliphatic heterocycles. The molecule has 1 aromatic carbocycles. The third kappa shape index (κ3) is 4.98. The van der Waals surface area contributed by atoms with Crippen LogP contribution in [0.4, 0.5) is 0 Å². The van der Waals surface area contributed by atoms with Gasteiger partial charge in [-0.1, -0.05) is 24.3 Å². The van der Waals surface area contributed by atoms with Crippen LogP contribution >= 0.6 is 0 Å². The first-order chi connectivity index (χ1) is 15.1. The van der Waals surface area contributed by atoms with Gasteiger partial charge in [0.2, 0.25) is 11.8 Å². The molecular weight excluding hydrogens is 394 g/mol. The van der Waals surface area contributed by atoms with Crippen molar-refractivity contribution >= 4 is 17.7 Å². The van der Waals surface area contributed by atoms with E-state index in [-0.39, 0.29) is 24.1 Å². The first-order valence-electron chi connectivity index (χ1n) is 10.7. The standard InChI is InChI=1S/C23H27N5O3/c29-20-8-7-19(22(30)27-20)28-15-18-6-1-5-17(21(18)23(28)31)14-26-11-3-10-25-13-16-4-2-9-24-12-16/h1-2,4-6,9,12,19,25-26H,3,7-8,10-11,13-15H2,(H,27,29,30). The highest BCUT2D eigenvalue weighted by atomic mass is 16.2. The Morgan fingerprint density at radius 2 is 1.90 bits per heavy atom. The summed E-state index contributed by atoms with van der Waals surface area (Å²) in [5.74, 6) is -0.777. The van der Waals surface area contributed by atoms with Gasteiger partial charge < -0.3 is 15.5 Å². The summed E-state index contributed by atoms with van der Waals surface area (Å²) in [6.07, 6.45) is 5.23. The van der Waals surface area contributed by atoms with Crippen molar-refractivity contribution in [2.45, 2.75) is 44.9 Å². The van der Waals surface area contributed by atoms with Gasteiger partial charge in [0, 0.05) is 44.0 Å². The molecule has 2 aromatic rings. The number of amides is 3. The summed E-state index contributed by atoms with van der Waals surface area (Å²) in [6.45, 7) is 3.52. The molecule has 4 rings (SSSR count). The number of nitrogens with one attached hydrogen (secondary N) is 3. The number of rotatable bonds is 9. The van der Waals surface area contributed by atoms with E-state index in [0.29, 0.717) is 25.1 Å². The first kappa shape index (κ1) is 21.1. The Labute approximate surface area is 181 Å². The Bertz CT molecular complexity index is 963. The van der Waals surface area contributed by atoms with Crippen LogP contribution in [0.3, 0.4) is 0 Å². The summed E-state index contributed by atoms with van der Waals surface area (Å²) in [6, 6.07) is 9.24. The SMILES string of the molecule is O=C1CCC(N2Cc3cccc(CNCCCNCc4cccnc4)c3C2=O)C(=O)N1. The van der Waals surface area contributed by atoms with Gasteiger partial charge in [-0.2, -0.15) is 0 Å². The molecule has 3 N–H and O–H groups in total. The summed E-state index contributed by atoms with van der Waals surface area (Å²) in [4.78, 5) is 42.4. The average Bonchev–Trinajstić information content (AvgIpc) is 3.11. The highest BCUT2D eigenvalue weighted by Crippen LogP contribution is 2.29. The molecule has 162 valence electrons. The van der Waals surface area contributed by atoms with Gasteiger partial charge in [0.15, 0.2) is 0 Å². The van der Waals surface area contributed by atoms with E-state index in [2.05, 4.69) is 20.9 Å². The lowest BCUT2D eigenvalue weighted by Crippen LogP contribution is -2.52. The van der Waals surface area contributed by atoms with Crippen molar-refractivity contribution in [3.05, 3.63) is 65.0 Å². The Morgan fingerprint density at radius 1 is 1.06 bits per heavy atom. The molecule has 3 heterocycles. The van der Waals surface area contributed by atoms with Gasteiger partial charge in [0.1, 0.15) is 6.04 Å². The minimum Gasteiger partial charge on any atom is -0.322 e. The van der Waals surface area contributed by atoms with E-state index in [9.17, 15) is 14.4 Å². The van der Waals surface area contributed by atoms with Gasteiger partial charge in [-0.15, -0.1) is 0 Å². The lowest BCUT2D eigenvalue weighted by atomic mass is 10.0. The average molecular weight is 422 g/mol. The summed E-state index contributed by atoms with van der Waals surface area (Å²) < 4.78 is 0. The topological polar surface area (TPSA) is 103 Å². The van der Waals surface area contributed by atoms with Gasteiger partial charge in [-0.25, -0.2) is 0 Å². The van der Waals surface area contributed by atoms with Gasteiger partial charge in [-0.05, 0) is 48.7 Å². The lowest BCUT2D eigenvalue weighted by molar-refractivity contribution is -0.136. The molecule has 1 unspecified atom stereocenters. The fourth-order valence-corrected chi connectivity index (χ4v) is 4.13. The number of carbonyl (C=O) groups excluding carboxylic acids is 3. The molecule has 8 nitrogen and oxygen atoms in total. The molecule has 8 heteroatoms. The quantitative estimate of drug-likeness (QED) is 0.414. The van der Waals surface area contributed by atoms with Crippen molar-refractivity contribution in [3.8, 4) is 0 Å². The van der Waals surface area contributed by atoms with Crippen LogP contribution < -0.4 is 16.0 Å². The Hall–Kier alpha value is -3.10. The van der Waals surface area contributed by atoms with Crippen molar-refractivity contribution in [2.75, 3.05) is 13.1 Å². The number of aromatic nitrogens is 1. The van der Waals surface area contributed by atoms with Crippen LogP contribution in [0.15, 0.2) is 42.7 Å². The maximum Gasteiger partial charge on any atom is 0.255 e. The van der Waals surface area contributed by atoms with Crippen LogP contribution in [0.1, 0.15) is 46.3 Å². The summed E-state index contributed by atoms with van der Waals surface area (Å²) >= 11 is 0. The van der Waals surface area contributed by atoms with Crippen molar-refractivity contribution < 1.29 is 14.4 Å². The van der Waals surface area contributed by atoms with Crippen LogP contribution in [0.5, 0.6) is 0 Å². The third-order valence-electron chi connectivity index (χ3n) is 5.71. The zero-order valence-electron chi connectivity index (χ0n) is 17.4. The normalized spacial score (nSPS) is 18.3. The smallest absolute Gasteiger partial charge is 0.255 e. The maximum atomic E-state index is 13.1. The first-order valence-corrected chi connectivity index (χ1v) is 10.7. The zero-order chi connectivity index (χ0) is 21.6. The second-order valence-corrected chi connectivity index (χ2v) is 7.92. The molecule has 0 bridgehead atoms. The number of piperidine rings is 1. The van der Waals surface area contributed by atoms with Crippen LogP contribution in [0, 0.1) is 0 Å². The molecule has 1 aromatic heterocycles. The van der Waals surface area contributed by atoms with Crippen molar-refractivity contribution in [2.24, 2.45) is 0 Å². The second-order valence-electron chi connectivity index (χ2n) is 7.92. The molecule has 0 saturated carbocycles. The predicted molar refractivity (Wildman–Crippen MR) is 115 cm³/mol. The number of imide groups is 1. The summed E-state index contributed by atoms with van der Waals surface area (Å²) in [7, 11) is 0. The predicted octanol–water partition coefficient (Wildman–Crippen LogP) is 1.11. The molecule has 0 radical (unpaired) electrons. The van der Waals surface area contributed by atoms with Gasteiger partial charge >= 0.3 is 0 Å². The number of hydrogen-bond acceptors (Lipinski definition) is 6. The molecule has 1 atom stereocenters. The third-order valence-corrected chi connectivity index (χ3v) is 5.71. The molecule has 2 aliphatic rings. The number of nitrogens with zero attached hydrogens (tertiary/aromatic N) is 2. The number of benzene rings is 1.